The fourth-order valence-corrected chi connectivity index (χ4v) is 5.18. The summed E-state index contributed by atoms with van der Waals surface area (Å²) in [6.07, 6.45) is -1.96. The molecule has 0 unspecified atom stereocenters. The Balaban J connectivity index is 1.51. The van der Waals surface area contributed by atoms with E-state index in [1.807, 2.05) is 32.0 Å². The molecule has 0 bridgehead atoms. The van der Waals surface area contributed by atoms with Gasteiger partial charge in [0, 0.05) is 43.5 Å². The second-order valence-electron chi connectivity index (χ2n) is 10.3. The molecule has 2 fully saturated rings. The number of amides is 2. The number of aliphatic hydroxyl groups excluding tert-OH is 1. The van der Waals surface area contributed by atoms with E-state index in [4.69, 9.17) is 0 Å². The van der Waals surface area contributed by atoms with E-state index < -0.39 is 23.2 Å². The van der Waals surface area contributed by atoms with Gasteiger partial charge in [0.05, 0.1) is 22.1 Å². The zero-order chi connectivity index (χ0) is 27.2. The Morgan fingerprint density at radius 2 is 1.92 bits per heavy atom. The van der Waals surface area contributed by atoms with Gasteiger partial charge in [-0.25, -0.2) is 0 Å². The first-order valence-electron chi connectivity index (χ1n) is 12.7. The van der Waals surface area contributed by atoms with E-state index in [0.29, 0.717) is 42.3 Å². The molecule has 2 aliphatic rings. The normalized spacial score (nSPS) is 18.9. The molecule has 2 amide bonds. The van der Waals surface area contributed by atoms with E-state index in [0.717, 1.165) is 31.5 Å². The van der Waals surface area contributed by atoms with Gasteiger partial charge >= 0.3 is 6.18 Å². The third-order valence-corrected chi connectivity index (χ3v) is 7.31. The number of H-pyrrole nitrogens is 1. The lowest BCUT2D eigenvalue weighted by Gasteiger charge is -2.46. The fourth-order valence-electron chi connectivity index (χ4n) is 5.18. The molecule has 3 aromatic rings. The Bertz CT molecular complexity index is 1450. The predicted molar refractivity (Wildman–Crippen MR) is 135 cm³/mol. The lowest BCUT2D eigenvalue weighted by Crippen LogP contribution is -2.63. The number of aromatic amines is 1. The Kier molecular flexibility index (Phi) is 6.68. The number of nitrogens with zero attached hydrogens (tertiary/aromatic N) is 4. The van der Waals surface area contributed by atoms with Crippen LogP contribution in [0.1, 0.15) is 49.0 Å². The summed E-state index contributed by atoms with van der Waals surface area (Å²) in [5.41, 5.74) is 0.433. The minimum atomic E-state index is -4.58. The summed E-state index contributed by atoms with van der Waals surface area (Å²) in [6.45, 7) is 5.47. The van der Waals surface area contributed by atoms with Crippen molar-refractivity contribution in [3.63, 3.8) is 0 Å². The molecule has 5 rings (SSSR count). The number of halogens is 3. The van der Waals surface area contributed by atoms with Crippen molar-refractivity contribution in [2.75, 3.05) is 24.6 Å². The average Bonchev–Trinajstić information content (AvgIpc) is 3.65. The molecule has 1 aliphatic heterocycles. The van der Waals surface area contributed by atoms with Gasteiger partial charge in [-0.3, -0.25) is 14.5 Å². The maximum atomic E-state index is 13.4. The Morgan fingerprint density at radius 3 is 2.61 bits per heavy atom. The number of rotatable bonds is 6. The molecular weight excluding hydrogens is 499 g/mol. The summed E-state index contributed by atoms with van der Waals surface area (Å²) in [5.74, 6) is -0.812. The number of aromatic nitrogens is 2. The number of piperazine rings is 1. The first-order valence-corrected chi connectivity index (χ1v) is 12.7. The minimum absolute atomic E-state index is 0.0133. The highest BCUT2D eigenvalue weighted by Crippen LogP contribution is 2.37. The van der Waals surface area contributed by atoms with Crippen LogP contribution in [0.4, 0.5) is 18.9 Å². The van der Waals surface area contributed by atoms with Crippen molar-refractivity contribution < 1.29 is 27.9 Å². The summed E-state index contributed by atoms with van der Waals surface area (Å²) < 4.78 is 41.1. The van der Waals surface area contributed by atoms with Gasteiger partial charge in [0.2, 0.25) is 11.5 Å². The zero-order valence-electron chi connectivity index (χ0n) is 21.3. The van der Waals surface area contributed by atoms with Gasteiger partial charge in [-0.05, 0) is 69.5 Å². The molecule has 0 spiro atoms. The fraction of sp³-hybridized carbons (Fsp3) is 0.444. The van der Waals surface area contributed by atoms with Crippen molar-refractivity contribution in [3.8, 4) is 0 Å². The number of nitrogens with one attached hydrogen (secondary N) is 1. The minimum Gasteiger partial charge on any atom is -0.396 e. The third-order valence-electron chi connectivity index (χ3n) is 7.31. The van der Waals surface area contributed by atoms with E-state index >= 15 is 0 Å². The van der Waals surface area contributed by atoms with Crippen molar-refractivity contribution in [2.24, 2.45) is 4.99 Å². The number of carbonyl (C=O) groups excluding carboxylic acids is 2. The molecule has 0 atom stereocenters. The lowest BCUT2D eigenvalue weighted by molar-refractivity contribution is -0.137. The molecule has 0 radical (unpaired) electrons. The van der Waals surface area contributed by atoms with Gasteiger partial charge < -0.3 is 19.6 Å². The average molecular weight is 530 g/mol. The number of hydrogen-bond acceptors (Lipinski definition) is 4. The topological polar surface area (TPSA) is 93.9 Å². The molecule has 1 saturated carbocycles. The second kappa shape index (κ2) is 9.70. The molecule has 2 N–H and O–H groups in total. The monoisotopic (exact) mass is 529 g/mol. The summed E-state index contributed by atoms with van der Waals surface area (Å²) in [6, 6.07) is 10.1. The summed E-state index contributed by atoms with van der Waals surface area (Å²) >= 11 is 0. The molecule has 11 heteroatoms. The van der Waals surface area contributed by atoms with Crippen LogP contribution in [0, 0.1) is 0 Å². The number of hydrogen-bond donors (Lipinski definition) is 2. The Hall–Kier alpha value is -3.44. The number of aryl methyl sites for hydroxylation is 1. The molecule has 38 heavy (non-hydrogen) atoms. The van der Waals surface area contributed by atoms with Crippen LogP contribution in [-0.4, -0.2) is 62.6 Å². The number of fused-ring (bicyclic) bond motifs is 1. The Labute approximate surface area is 217 Å². The van der Waals surface area contributed by atoms with Crippen LogP contribution >= 0.6 is 0 Å². The lowest BCUT2D eigenvalue weighted by atomic mass is 9.96. The van der Waals surface area contributed by atoms with Crippen LogP contribution < -0.4 is 10.5 Å². The summed E-state index contributed by atoms with van der Waals surface area (Å²) in [4.78, 5) is 37.5. The van der Waals surface area contributed by atoms with Crippen LogP contribution in [0.25, 0.3) is 11.0 Å². The summed E-state index contributed by atoms with van der Waals surface area (Å²) in [5, 5.41) is 9.38. The largest absolute Gasteiger partial charge is 0.416 e. The van der Waals surface area contributed by atoms with E-state index in [1.54, 1.807) is 9.47 Å². The van der Waals surface area contributed by atoms with Crippen LogP contribution in [0.3, 0.4) is 0 Å². The number of anilines is 1. The van der Waals surface area contributed by atoms with E-state index in [2.05, 4.69) is 14.9 Å². The number of benzene rings is 2. The van der Waals surface area contributed by atoms with Gasteiger partial charge in [-0.1, -0.05) is 6.07 Å². The third kappa shape index (κ3) is 4.88. The standard InChI is InChI=1S/C27H30F3N5O3/c1-26(2)24(38)33(12-13-35(26)19-7-8-19)20-9-10-22-21(16-20)31-25(34(22)11-4-14-36)32-23(37)17-5-3-6-18(15-17)27(28,29)30/h3,5-6,9-10,15-16,19,36H,4,7-8,11-14H2,1-2H3,(H,31,32,37). The van der Waals surface area contributed by atoms with Gasteiger partial charge in [0.1, 0.15) is 0 Å². The van der Waals surface area contributed by atoms with Gasteiger partial charge in [0.15, 0.2) is 0 Å². The maximum Gasteiger partial charge on any atom is 0.416 e. The van der Waals surface area contributed by atoms with Crippen molar-refractivity contribution in [2.45, 2.75) is 57.4 Å². The van der Waals surface area contributed by atoms with Crippen molar-refractivity contribution in [1.29, 1.82) is 0 Å². The molecule has 1 aromatic heterocycles. The number of carbonyl (C=O) groups is 2. The zero-order valence-corrected chi connectivity index (χ0v) is 21.3. The first kappa shape index (κ1) is 26.2. The van der Waals surface area contributed by atoms with Crippen molar-refractivity contribution in [3.05, 3.63) is 59.2 Å². The number of imidazole rings is 1. The second-order valence-corrected chi connectivity index (χ2v) is 10.3. The van der Waals surface area contributed by atoms with Crippen LogP contribution in [-0.2, 0) is 17.5 Å². The first-order chi connectivity index (χ1) is 18.0. The summed E-state index contributed by atoms with van der Waals surface area (Å²) in [7, 11) is 0. The predicted octanol–water partition coefficient (Wildman–Crippen LogP) is 3.70. The van der Waals surface area contributed by atoms with Crippen LogP contribution in [0.15, 0.2) is 47.5 Å². The molecule has 2 heterocycles. The van der Waals surface area contributed by atoms with Gasteiger partial charge in [-0.2, -0.15) is 18.2 Å². The van der Waals surface area contributed by atoms with E-state index in [9.17, 15) is 27.9 Å². The van der Waals surface area contributed by atoms with Crippen molar-refractivity contribution >= 4 is 28.5 Å². The molecule has 202 valence electrons. The smallest absolute Gasteiger partial charge is 0.396 e. The van der Waals surface area contributed by atoms with E-state index in [-0.39, 0.29) is 23.7 Å². The van der Waals surface area contributed by atoms with E-state index in [1.165, 1.54) is 12.1 Å². The highest BCUT2D eigenvalue weighted by molar-refractivity contribution is 6.01. The Morgan fingerprint density at radius 1 is 1.16 bits per heavy atom. The van der Waals surface area contributed by atoms with Crippen LogP contribution in [0.5, 0.6) is 0 Å². The van der Waals surface area contributed by atoms with Gasteiger partial charge in [-0.15, -0.1) is 0 Å². The van der Waals surface area contributed by atoms with Crippen LogP contribution in [0.2, 0.25) is 0 Å². The number of aliphatic hydroxyl groups is 1. The quantitative estimate of drug-likeness (QED) is 0.509. The number of alkyl halides is 3. The molecule has 2 aromatic carbocycles. The maximum absolute atomic E-state index is 13.4. The molecular formula is C27H30F3N5O3. The molecule has 1 aliphatic carbocycles. The molecule has 8 nitrogen and oxygen atoms in total. The molecule has 1 saturated heterocycles. The SMILES string of the molecule is CC1(C)C(=O)N(c2ccc3c(c2)[nH]/c(=N\C(=O)c2cccc(C(F)(F)F)c2)n3CCCO)CCN1C1CC1. The highest BCUT2D eigenvalue weighted by Gasteiger charge is 2.47. The van der Waals surface area contributed by atoms with Gasteiger partial charge in [0.25, 0.3) is 5.91 Å². The van der Waals surface area contributed by atoms with Crippen molar-refractivity contribution in [1.82, 2.24) is 14.5 Å². The highest BCUT2D eigenvalue weighted by atomic mass is 19.4.